The predicted octanol–water partition coefficient (Wildman–Crippen LogP) is 4.52. The standard InChI is InChI=1S/C18H25NOS/c20-17(19-15-9-3-8-14-18(19)21)13-7-2-6-12-16-10-4-1-5-11-16/h1,4-5,10-11H,2-3,6-9,12-15H2. The lowest BCUT2D eigenvalue weighted by molar-refractivity contribution is -0.127. The van der Waals surface area contributed by atoms with Crippen LogP contribution in [-0.4, -0.2) is 22.3 Å². The summed E-state index contributed by atoms with van der Waals surface area (Å²) in [5, 5.41) is 0. The first-order valence-corrected chi connectivity index (χ1v) is 8.55. The molecule has 3 heteroatoms. The van der Waals surface area contributed by atoms with Crippen LogP contribution in [0.1, 0.15) is 56.9 Å². The molecule has 1 aromatic carbocycles. The summed E-state index contributed by atoms with van der Waals surface area (Å²) in [6.07, 6.45) is 9.34. The van der Waals surface area contributed by atoms with Gasteiger partial charge in [0.05, 0.1) is 4.99 Å². The molecule has 2 rings (SSSR count). The summed E-state index contributed by atoms with van der Waals surface area (Å²) in [6.45, 7) is 0.835. The molecule has 21 heavy (non-hydrogen) atoms. The Bertz CT molecular complexity index is 458. The third-order valence-electron chi connectivity index (χ3n) is 4.07. The van der Waals surface area contributed by atoms with E-state index in [2.05, 4.69) is 24.3 Å². The Labute approximate surface area is 133 Å². The van der Waals surface area contributed by atoms with E-state index in [-0.39, 0.29) is 5.91 Å². The van der Waals surface area contributed by atoms with E-state index in [1.165, 1.54) is 12.0 Å². The van der Waals surface area contributed by atoms with Gasteiger partial charge in [0.1, 0.15) is 0 Å². The number of likely N-dealkylation sites (tertiary alicyclic amines) is 1. The maximum Gasteiger partial charge on any atom is 0.227 e. The number of benzene rings is 1. The highest BCUT2D eigenvalue weighted by atomic mass is 32.1. The number of amides is 1. The van der Waals surface area contributed by atoms with Crippen molar-refractivity contribution in [2.24, 2.45) is 0 Å². The fourth-order valence-electron chi connectivity index (χ4n) is 2.81. The Morgan fingerprint density at radius 3 is 2.67 bits per heavy atom. The smallest absolute Gasteiger partial charge is 0.227 e. The van der Waals surface area contributed by atoms with E-state index >= 15 is 0 Å². The summed E-state index contributed by atoms with van der Waals surface area (Å²) in [5.41, 5.74) is 1.39. The summed E-state index contributed by atoms with van der Waals surface area (Å²) in [6, 6.07) is 10.5. The van der Waals surface area contributed by atoms with Crippen LogP contribution >= 0.6 is 12.2 Å². The zero-order chi connectivity index (χ0) is 14.9. The molecule has 1 aliphatic heterocycles. The van der Waals surface area contributed by atoms with Crippen LogP contribution in [0, 0.1) is 0 Å². The SMILES string of the molecule is O=C(CCCCCc1ccccc1)N1CCCCCC1=S. The first-order chi connectivity index (χ1) is 10.3. The number of unbranched alkanes of at least 4 members (excludes halogenated alkanes) is 2. The lowest BCUT2D eigenvalue weighted by atomic mass is 10.1. The Kier molecular flexibility index (Phi) is 6.87. The summed E-state index contributed by atoms with van der Waals surface area (Å²) in [7, 11) is 0. The van der Waals surface area contributed by atoms with Gasteiger partial charge >= 0.3 is 0 Å². The molecule has 0 spiro atoms. The Hall–Kier alpha value is -1.22. The molecule has 1 saturated heterocycles. The van der Waals surface area contributed by atoms with Gasteiger partial charge in [-0.05, 0) is 44.1 Å². The first kappa shape index (κ1) is 16.2. The first-order valence-electron chi connectivity index (χ1n) is 8.14. The Morgan fingerprint density at radius 2 is 1.86 bits per heavy atom. The molecule has 0 aliphatic carbocycles. The predicted molar refractivity (Wildman–Crippen MR) is 91.4 cm³/mol. The molecule has 1 aromatic rings. The number of rotatable bonds is 6. The molecule has 1 aliphatic rings. The Morgan fingerprint density at radius 1 is 1.05 bits per heavy atom. The number of carbonyl (C=O) groups is 1. The van der Waals surface area contributed by atoms with Crippen molar-refractivity contribution in [2.75, 3.05) is 6.54 Å². The van der Waals surface area contributed by atoms with E-state index in [0.29, 0.717) is 6.42 Å². The fourth-order valence-corrected chi connectivity index (χ4v) is 3.15. The number of hydrogen-bond acceptors (Lipinski definition) is 2. The summed E-state index contributed by atoms with van der Waals surface area (Å²) >= 11 is 5.36. The molecule has 114 valence electrons. The Balaban J connectivity index is 1.63. The monoisotopic (exact) mass is 303 g/mol. The topological polar surface area (TPSA) is 20.3 Å². The van der Waals surface area contributed by atoms with Crippen LogP contribution in [-0.2, 0) is 11.2 Å². The third kappa shape index (κ3) is 5.58. The highest BCUT2D eigenvalue weighted by Crippen LogP contribution is 2.15. The number of carbonyl (C=O) groups excluding carboxylic acids is 1. The van der Waals surface area contributed by atoms with Gasteiger partial charge in [-0.2, -0.15) is 0 Å². The molecular weight excluding hydrogens is 278 g/mol. The molecule has 0 radical (unpaired) electrons. The second-order valence-corrected chi connectivity index (χ2v) is 6.27. The van der Waals surface area contributed by atoms with E-state index in [4.69, 9.17) is 12.2 Å². The summed E-state index contributed by atoms with van der Waals surface area (Å²) < 4.78 is 0. The zero-order valence-electron chi connectivity index (χ0n) is 12.7. The van der Waals surface area contributed by atoms with Gasteiger partial charge in [0.15, 0.2) is 0 Å². The van der Waals surface area contributed by atoms with Crippen LogP contribution < -0.4 is 0 Å². The molecule has 1 fully saturated rings. The number of thiocarbonyl (C=S) groups is 1. The van der Waals surface area contributed by atoms with E-state index in [9.17, 15) is 4.79 Å². The summed E-state index contributed by atoms with van der Waals surface area (Å²) in [5.74, 6) is 0.238. The minimum atomic E-state index is 0.238. The zero-order valence-corrected chi connectivity index (χ0v) is 13.5. The molecular formula is C18H25NOS. The van der Waals surface area contributed by atoms with Gasteiger partial charge in [-0.15, -0.1) is 0 Å². The molecule has 0 bridgehead atoms. The maximum atomic E-state index is 12.2. The van der Waals surface area contributed by atoms with Crippen LogP contribution in [0.2, 0.25) is 0 Å². The minimum absolute atomic E-state index is 0.238. The fraction of sp³-hybridized carbons (Fsp3) is 0.556. The van der Waals surface area contributed by atoms with E-state index < -0.39 is 0 Å². The van der Waals surface area contributed by atoms with Crippen LogP contribution in [0.5, 0.6) is 0 Å². The largest absolute Gasteiger partial charge is 0.307 e. The number of aryl methyl sites for hydroxylation is 1. The van der Waals surface area contributed by atoms with Crippen molar-refractivity contribution in [3.8, 4) is 0 Å². The maximum absolute atomic E-state index is 12.2. The number of hydrogen-bond donors (Lipinski definition) is 0. The minimum Gasteiger partial charge on any atom is -0.307 e. The van der Waals surface area contributed by atoms with Crippen LogP contribution in [0.3, 0.4) is 0 Å². The lowest BCUT2D eigenvalue weighted by Gasteiger charge is -2.20. The average molecular weight is 303 g/mol. The van der Waals surface area contributed by atoms with E-state index in [0.717, 1.165) is 56.5 Å². The number of nitrogens with zero attached hydrogens (tertiary/aromatic N) is 1. The quantitative estimate of drug-likeness (QED) is 0.569. The van der Waals surface area contributed by atoms with Crippen molar-refractivity contribution in [3.05, 3.63) is 35.9 Å². The second-order valence-electron chi connectivity index (χ2n) is 5.80. The lowest BCUT2D eigenvalue weighted by Crippen LogP contribution is -2.35. The van der Waals surface area contributed by atoms with Crippen molar-refractivity contribution >= 4 is 23.1 Å². The van der Waals surface area contributed by atoms with Crippen molar-refractivity contribution in [1.29, 1.82) is 0 Å². The molecule has 0 atom stereocenters. The van der Waals surface area contributed by atoms with Gasteiger partial charge in [-0.3, -0.25) is 4.79 Å². The van der Waals surface area contributed by atoms with Gasteiger partial charge in [0, 0.05) is 13.0 Å². The van der Waals surface area contributed by atoms with Gasteiger partial charge in [0.2, 0.25) is 5.91 Å². The highest BCUT2D eigenvalue weighted by molar-refractivity contribution is 7.80. The molecule has 0 aromatic heterocycles. The normalized spacial score (nSPS) is 15.8. The van der Waals surface area contributed by atoms with Gasteiger partial charge in [-0.25, -0.2) is 0 Å². The molecule has 0 unspecified atom stereocenters. The van der Waals surface area contributed by atoms with Crippen molar-refractivity contribution < 1.29 is 4.79 Å². The van der Waals surface area contributed by atoms with Crippen LogP contribution in [0.4, 0.5) is 0 Å². The molecule has 1 heterocycles. The highest BCUT2D eigenvalue weighted by Gasteiger charge is 2.19. The third-order valence-corrected chi connectivity index (χ3v) is 4.50. The average Bonchev–Trinajstić information content (AvgIpc) is 2.72. The molecule has 2 nitrogen and oxygen atoms in total. The van der Waals surface area contributed by atoms with Gasteiger partial charge < -0.3 is 4.90 Å². The summed E-state index contributed by atoms with van der Waals surface area (Å²) in [4.78, 5) is 15.0. The van der Waals surface area contributed by atoms with Crippen molar-refractivity contribution in [3.63, 3.8) is 0 Å². The van der Waals surface area contributed by atoms with Gasteiger partial charge in [0.25, 0.3) is 0 Å². The van der Waals surface area contributed by atoms with Gasteiger partial charge in [-0.1, -0.05) is 55.4 Å². The molecule has 0 saturated carbocycles. The van der Waals surface area contributed by atoms with Crippen LogP contribution in [0.25, 0.3) is 0 Å². The van der Waals surface area contributed by atoms with E-state index in [1.54, 1.807) is 0 Å². The van der Waals surface area contributed by atoms with E-state index in [1.807, 2.05) is 11.0 Å². The van der Waals surface area contributed by atoms with Crippen molar-refractivity contribution in [2.45, 2.75) is 57.8 Å². The van der Waals surface area contributed by atoms with Crippen molar-refractivity contribution in [1.82, 2.24) is 4.90 Å². The molecule has 0 N–H and O–H groups in total. The second kappa shape index (κ2) is 8.93. The molecule has 1 amide bonds. The van der Waals surface area contributed by atoms with Crippen LogP contribution in [0.15, 0.2) is 30.3 Å².